The normalized spacial score (nSPS) is 11.8. The standard InChI is InChI=1S/C14H20N2S2/c1-13(2,15-9-17)11-7-5-6-8-12(11)14(3,4)16-10-18/h5-10H,1-4H3,(H,15,17)(H,16,18). The van der Waals surface area contributed by atoms with Gasteiger partial charge in [-0.1, -0.05) is 48.7 Å². The molecule has 18 heavy (non-hydrogen) atoms. The van der Waals surface area contributed by atoms with Crippen LogP contribution in [0.5, 0.6) is 0 Å². The summed E-state index contributed by atoms with van der Waals surface area (Å²) in [6.45, 7) is 8.45. The van der Waals surface area contributed by atoms with Crippen LogP contribution in [0.1, 0.15) is 38.8 Å². The van der Waals surface area contributed by atoms with Gasteiger partial charge in [-0.15, -0.1) is 0 Å². The summed E-state index contributed by atoms with van der Waals surface area (Å²) in [5, 5.41) is 6.44. The fourth-order valence-corrected chi connectivity index (χ4v) is 2.61. The van der Waals surface area contributed by atoms with Gasteiger partial charge in [0.15, 0.2) is 0 Å². The summed E-state index contributed by atoms with van der Waals surface area (Å²) < 4.78 is 0. The second-order valence-corrected chi connectivity index (χ2v) is 5.79. The van der Waals surface area contributed by atoms with E-state index in [1.165, 1.54) is 11.1 Å². The van der Waals surface area contributed by atoms with Gasteiger partial charge in [-0.05, 0) is 38.8 Å². The molecule has 0 aliphatic carbocycles. The minimum atomic E-state index is -0.210. The van der Waals surface area contributed by atoms with E-state index < -0.39 is 0 Å². The quantitative estimate of drug-likeness (QED) is 0.781. The van der Waals surface area contributed by atoms with Crippen LogP contribution in [0.2, 0.25) is 0 Å². The molecule has 1 aromatic rings. The maximum atomic E-state index is 4.91. The summed E-state index contributed by atoms with van der Waals surface area (Å²) in [6, 6.07) is 8.32. The second kappa shape index (κ2) is 5.76. The van der Waals surface area contributed by atoms with Crippen LogP contribution < -0.4 is 10.6 Å². The van der Waals surface area contributed by atoms with Gasteiger partial charge in [0.05, 0.1) is 22.1 Å². The molecule has 0 fully saturated rings. The van der Waals surface area contributed by atoms with Gasteiger partial charge in [-0.3, -0.25) is 0 Å². The summed E-state index contributed by atoms with van der Waals surface area (Å²) in [4.78, 5) is 0. The molecule has 0 heterocycles. The van der Waals surface area contributed by atoms with Crippen LogP contribution in [0.25, 0.3) is 0 Å². The lowest BCUT2D eigenvalue weighted by molar-refractivity contribution is 0.443. The first-order valence-corrected chi connectivity index (χ1v) is 6.82. The molecule has 0 bridgehead atoms. The van der Waals surface area contributed by atoms with E-state index in [9.17, 15) is 0 Å². The molecule has 0 atom stereocenters. The SMILES string of the molecule is CC(C)(NC=S)c1ccccc1C(C)(C)NC=S. The maximum Gasteiger partial charge on any atom is 0.0621 e. The molecule has 98 valence electrons. The molecule has 2 N–H and O–H groups in total. The van der Waals surface area contributed by atoms with Gasteiger partial charge in [0.1, 0.15) is 0 Å². The van der Waals surface area contributed by atoms with Gasteiger partial charge < -0.3 is 10.6 Å². The van der Waals surface area contributed by atoms with Crippen LogP contribution in [-0.2, 0) is 11.1 Å². The monoisotopic (exact) mass is 280 g/mol. The van der Waals surface area contributed by atoms with Crippen molar-refractivity contribution in [2.45, 2.75) is 38.8 Å². The number of nitrogens with one attached hydrogen (secondary N) is 2. The number of hydrogen-bond donors (Lipinski definition) is 2. The average Bonchev–Trinajstić information content (AvgIpc) is 2.29. The number of hydrogen-bond acceptors (Lipinski definition) is 2. The van der Waals surface area contributed by atoms with Crippen LogP contribution in [-0.4, -0.2) is 11.0 Å². The molecule has 0 saturated carbocycles. The minimum Gasteiger partial charge on any atom is -0.373 e. The van der Waals surface area contributed by atoms with Gasteiger partial charge >= 0.3 is 0 Å². The highest BCUT2D eigenvalue weighted by molar-refractivity contribution is 7.79. The first-order valence-electron chi connectivity index (χ1n) is 5.88. The van der Waals surface area contributed by atoms with Gasteiger partial charge in [0.25, 0.3) is 0 Å². The first kappa shape index (κ1) is 15.1. The lowest BCUT2D eigenvalue weighted by Gasteiger charge is -2.34. The van der Waals surface area contributed by atoms with Crippen LogP contribution in [0.3, 0.4) is 0 Å². The molecule has 0 amide bonds. The molecule has 0 unspecified atom stereocenters. The van der Waals surface area contributed by atoms with E-state index in [-0.39, 0.29) is 11.1 Å². The first-order chi connectivity index (χ1) is 8.35. The number of thiocarbonyl (C=S) groups is 2. The zero-order valence-electron chi connectivity index (χ0n) is 11.3. The Morgan fingerprint density at radius 2 is 1.17 bits per heavy atom. The molecule has 0 saturated heterocycles. The Morgan fingerprint density at radius 3 is 1.44 bits per heavy atom. The zero-order chi connectivity index (χ0) is 13.8. The molecular weight excluding hydrogens is 260 g/mol. The molecule has 2 nitrogen and oxygen atoms in total. The number of rotatable bonds is 6. The van der Waals surface area contributed by atoms with Crippen molar-refractivity contribution in [3.63, 3.8) is 0 Å². The van der Waals surface area contributed by atoms with Crippen molar-refractivity contribution in [1.82, 2.24) is 10.6 Å². The van der Waals surface area contributed by atoms with Crippen molar-refractivity contribution in [3.05, 3.63) is 35.4 Å². The summed E-state index contributed by atoms with van der Waals surface area (Å²) in [7, 11) is 0. The maximum absolute atomic E-state index is 4.91. The Morgan fingerprint density at radius 1 is 0.833 bits per heavy atom. The van der Waals surface area contributed by atoms with Gasteiger partial charge in [0.2, 0.25) is 0 Å². The van der Waals surface area contributed by atoms with Crippen molar-refractivity contribution in [1.29, 1.82) is 0 Å². The van der Waals surface area contributed by atoms with Crippen LogP contribution >= 0.6 is 24.4 Å². The third-order valence-electron chi connectivity index (χ3n) is 3.11. The average molecular weight is 280 g/mol. The third-order valence-corrected chi connectivity index (χ3v) is 3.35. The van der Waals surface area contributed by atoms with Crippen molar-refractivity contribution in [2.75, 3.05) is 0 Å². The Hall–Kier alpha value is -1.00. The largest absolute Gasteiger partial charge is 0.373 e. The molecule has 0 aromatic heterocycles. The predicted octanol–water partition coefficient (Wildman–Crippen LogP) is 3.25. The third kappa shape index (κ3) is 3.27. The fraction of sp³-hybridized carbons (Fsp3) is 0.429. The lowest BCUT2D eigenvalue weighted by Crippen LogP contribution is -2.41. The molecule has 0 spiro atoms. The van der Waals surface area contributed by atoms with Crippen molar-refractivity contribution in [2.24, 2.45) is 0 Å². The lowest BCUT2D eigenvalue weighted by atomic mass is 9.82. The Labute approximate surface area is 120 Å². The van der Waals surface area contributed by atoms with Gasteiger partial charge in [-0.25, -0.2) is 0 Å². The van der Waals surface area contributed by atoms with Crippen LogP contribution in [0.4, 0.5) is 0 Å². The minimum absolute atomic E-state index is 0.210. The molecule has 0 aliphatic heterocycles. The van der Waals surface area contributed by atoms with E-state index >= 15 is 0 Å². The van der Waals surface area contributed by atoms with E-state index in [0.717, 1.165) is 0 Å². The second-order valence-electron chi connectivity index (χ2n) is 5.32. The highest BCUT2D eigenvalue weighted by Gasteiger charge is 2.29. The Kier molecular flexibility index (Phi) is 4.82. The van der Waals surface area contributed by atoms with E-state index in [0.29, 0.717) is 0 Å². The van der Waals surface area contributed by atoms with E-state index in [2.05, 4.69) is 50.5 Å². The van der Waals surface area contributed by atoms with E-state index in [1.54, 1.807) is 11.0 Å². The molecular formula is C14H20N2S2. The molecule has 1 aromatic carbocycles. The Balaban J connectivity index is 3.30. The summed E-state index contributed by atoms with van der Waals surface area (Å²) >= 11 is 9.83. The Bertz CT molecular complexity index is 398. The molecule has 0 aliphatic rings. The van der Waals surface area contributed by atoms with E-state index in [4.69, 9.17) is 24.4 Å². The van der Waals surface area contributed by atoms with Crippen molar-refractivity contribution >= 4 is 35.4 Å². The van der Waals surface area contributed by atoms with Crippen LogP contribution in [0, 0.1) is 0 Å². The summed E-state index contributed by atoms with van der Waals surface area (Å²) in [5.74, 6) is 0. The topological polar surface area (TPSA) is 24.1 Å². The molecule has 1 rings (SSSR count). The van der Waals surface area contributed by atoms with Crippen molar-refractivity contribution < 1.29 is 0 Å². The van der Waals surface area contributed by atoms with Gasteiger partial charge in [-0.2, -0.15) is 0 Å². The number of benzene rings is 1. The van der Waals surface area contributed by atoms with Crippen LogP contribution in [0.15, 0.2) is 24.3 Å². The smallest absolute Gasteiger partial charge is 0.0621 e. The van der Waals surface area contributed by atoms with Crippen molar-refractivity contribution in [3.8, 4) is 0 Å². The van der Waals surface area contributed by atoms with Gasteiger partial charge in [0, 0.05) is 0 Å². The summed E-state index contributed by atoms with van der Waals surface area (Å²) in [5.41, 5.74) is 5.13. The highest BCUT2D eigenvalue weighted by Crippen LogP contribution is 2.30. The fourth-order valence-electron chi connectivity index (χ4n) is 2.02. The molecule has 0 radical (unpaired) electrons. The summed E-state index contributed by atoms with van der Waals surface area (Å²) in [6.07, 6.45) is 0. The van der Waals surface area contributed by atoms with E-state index in [1.807, 2.05) is 12.1 Å². The highest BCUT2D eigenvalue weighted by atomic mass is 32.1. The predicted molar refractivity (Wildman–Crippen MR) is 86.1 cm³/mol. The molecule has 4 heteroatoms. The zero-order valence-corrected chi connectivity index (χ0v) is 12.9.